The smallest absolute Gasteiger partial charge is 0.310 e. The van der Waals surface area contributed by atoms with E-state index in [2.05, 4.69) is 0 Å². The van der Waals surface area contributed by atoms with Gasteiger partial charge < -0.3 is 9.74 Å². The summed E-state index contributed by atoms with van der Waals surface area (Å²) < 4.78 is 0. The van der Waals surface area contributed by atoms with Gasteiger partial charge in [-0.3, -0.25) is 9.59 Å². The van der Waals surface area contributed by atoms with Gasteiger partial charge in [0.1, 0.15) is 0 Å². The van der Waals surface area contributed by atoms with Gasteiger partial charge in [-0.1, -0.05) is 59.1 Å². The summed E-state index contributed by atoms with van der Waals surface area (Å²) in [6.45, 7) is 4.84. The van der Waals surface area contributed by atoms with Gasteiger partial charge in [-0.25, -0.2) is 4.79 Å². The monoisotopic (exact) mass is 518 g/mol. The second kappa shape index (κ2) is 10.2. The van der Waals surface area contributed by atoms with Gasteiger partial charge in [-0.2, -0.15) is 0 Å². The van der Waals surface area contributed by atoms with Crippen molar-refractivity contribution in [2.45, 2.75) is 46.0 Å². The zero-order chi connectivity index (χ0) is 26.2. The molecule has 2 aromatic rings. The maximum atomic E-state index is 13.2. The number of fused-ring (bicyclic) bond motifs is 1. The van der Waals surface area contributed by atoms with E-state index < -0.39 is 23.3 Å². The lowest BCUT2D eigenvalue weighted by Gasteiger charge is -2.32. The van der Waals surface area contributed by atoms with Crippen LogP contribution in [-0.4, -0.2) is 41.0 Å². The van der Waals surface area contributed by atoms with Crippen molar-refractivity contribution in [3.8, 4) is 0 Å². The van der Waals surface area contributed by atoms with E-state index in [1.807, 2.05) is 61.5 Å². The largest absolute Gasteiger partial charge is 0.434 e. The maximum absolute atomic E-state index is 13.2. The van der Waals surface area contributed by atoms with Gasteiger partial charge in [-0.15, -0.1) is 0 Å². The first-order valence-corrected chi connectivity index (χ1v) is 13.2. The van der Waals surface area contributed by atoms with Crippen LogP contribution in [0.4, 0.5) is 4.79 Å². The Hall–Kier alpha value is -3.38. The van der Waals surface area contributed by atoms with E-state index in [9.17, 15) is 14.4 Å². The van der Waals surface area contributed by atoms with E-state index in [1.54, 1.807) is 17.9 Å². The van der Waals surface area contributed by atoms with Gasteiger partial charge in [0.05, 0.1) is 5.41 Å². The third-order valence-corrected chi connectivity index (χ3v) is 8.20. The molecule has 0 radical (unpaired) electrons. The number of benzene rings is 2. The molecule has 2 fully saturated rings. The van der Waals surface area contributed by atoms with Gasteiger partial charge in [0.15, 0.2) is 0 Å². The summed E-state index contributed by atoms with van der Waals surface area (Å²) >= 11 is 5.97. The molecule has 3 aliphatic rings. The molecule has 1 atom stereocenters. The molecule has 192 valence electrons. The molecule has 0 spiro atoms. The number of nitrogens with zero attached hydrogens (tertiary/aromatic N) is 2. The average molecular weight is 519 g/mol. The predicted molar refractivity (Wildman–Crippen MR) is 142 cm³/mol. The molecule has 2 saturated heterocycles. The highest BCUT2D eigenvalue weighted by Crippen LogP contribution is 2.46. The van der Waals surface area contributed by atoms with E-state index in [1.165, 1.54) is 5.56 Å². The number of amides is 3. The first kappa shape index (κ1) is 25.3. The Morgan fingerprint density at radius 1 is 1.08 bits per heavy atom. The van der Waals surface area contributed by atoms with Crippen LogP contribution in [0.2, 0.25) is 5.02 Å². The number of hydrogen-bond donors (Lipinski definition) is 0. The fourth-order valence-corrected chi connectivity index (χ4v) is 5.58. The number of carbonyl (C=O) groups excluding carboxylic acids is 3. The van der Waals surface area contributed by atoms with Crippen LogP contribution in [0.3, 0.4) is 0 Å². The van der Waals surface area contributed by atoms with E-state index in [4.69, 9.17) is 16.4 Å². The molecular formula is C30H31ClN2O4. The minimum absolute atomic E-state index is 0.368. The molecule has 2 heterocycles. The standard InChI is InChI=1S/C30H31ClN2O4/c1-20-5-3-4-6-25(20)23-13-16-30(2)26(19-23)27(34)33(28(30)35)37-29(36)32-17-14-22(15-18-32)8-7-21-9-11-24(31)12-10-21/h3-6,9-13,19,22H,7-8,14-18H2,1-2H3. The summed E-state index contributed by atoms with van der Waals surface area (Å²) in [7, 11) is 0. The molecule has 2 aliphatic heterocycles. The summed E-state index contributed by atoms with van der Waals surface area (Å²) in [5.41, 5.74) is 3.60. The number of carbonyl (C=O) groups is 3. The second-order valence-corrected chi connectivity index (χ2v) is 10.9. The number of allylic oxidation sites excluding steroid dienone is 3. The molecule has 0 aromatic heterocycles. The van der Waals surface area contributed by atoms with Crippen molar-refractivity contribution >= 4 is 35.1 Å². The Morgan fingerprint density at radius 3 is 2.49 bits per heavy atom. The summed E-state index contributed by atoms with van der Waals surface area (Å²) in [5.74, 6) is -0.541. The summed E-state index contributed by atoms with van der Waals surface area (Å²) in [6.07, 6.45) is 7.20. The average Bonchev–Trinajstić information content (AvgIpc) is 3.09. The number of hydroxylamine groups is 2. The SMILES string of the molecule is Cc1ccccc1C1=CCC2(C)C(=O)N(OC(=O)N3CCC(CCc4ccc(Cl)cc4)CC3)C(=O)C2=C1. The number of rotatable bonds is 5. The third kappa shape index (κ3) is 4.95. The van der Waals surface area contributed by atoms with Gasteiger partial charge in [0, 0.05) is 23.7 Å². The minimum Gasteiger partial charge on any atom is -0.310 e. The van der Waals surface area contributed by atoms with E-state index in [0.717, 1.165) is 47.4 Å². The number of imide groups is 1. The van der Waals surface area contributed by atoms with Crippen molar-refractivity contribution in [3.05, 3.63) is 88.0 Å². The molecular weight excluding hydrogens is 488 g/mol. The zero-order valence-corrected chi connectivity index (χ0v) is 22.0. The van der Waals surface area contributed by atoms with Crippen LogP contribution in [0, 0.1) is 18.3 Å². The fraction of sp³-hybridized carbons (Fsp3) is 0.367. The molecule has 5 rings (SSSR count). The van der Waals surface area contributed by atoms with E-state index in [0.29, 0.717) is 36.1 Å². The van der Waals surface area contributed by atoms with Crippen LogP contribution in [0.15, 0.2) is 66.3 Å². The number of aryl methyl sites for hydroxylation is 2. The molecule has 37 heavy (non-hydrogen) atoms. The van der Waals surface area contributed by atoms with Crippen LogP contribution in [0.5, 0.6) is 0 Å². The van der Waals surface area contributed by atoms with E-state index >= 15 is 0 Å². The Bertz CT molecular complexity index is 1290. The lowest BCUT2D eigenvalue weighted by atomic mass is 9.75. The molecule has 1 aliphatic carbocycles. The first-order valence-electron chi connectivity index (χ1n) is 12.8. The number of piperidine rings is 1. The van der Waals surface area contributed by atoms with Crippen molar-refractivity contribution in [2.24, 2.45) is 11.3 Å². The molecule has 6 nitrogen and oxygen atoms in total. The van der Waals surface area contributed by atoms with Crippen LogP contribution in [-0.2, 0) is 20.8 Å². The lowest BCUT2D eigenvalue weighted by molar-refractivity contribution is -0.176. The van der Waals surface area contributed by atoms with Crippen LogP contribution < -0.4 is 0 Å². The number of hydrogen-bond acceptors (Lipinski definition) is 4. The Balaban J connectivity index is 1.19. The minimum atomic E-state index is -1.03. The summed E-state index contributed by atoms with van der Waals surface area (Å²) in [5, 5.41) is 1.41. The van der Waals surface area contributed by atoms with Gasteiger partial charge >= 0.3 is 6.09 Å². The maximum Gasteiger partial charge on any atom is 0.434 e. The van der Waals surface area contributed by atoms with Crippen molar-refractivity contribution in [1.82, 2.24) is 9.96 Å². The van der Waals surface area contributed by atoms with Crippen molar-refractivity contribution < 1.29 is 19.2 Å². The van der Waals surface area contributed by atoms with Crippen molar-refractivity contribution in [1.29, 1.82) is 0 Å². The molecule has 1 unspecified atom stereocenters. The van der Waals surface area contributed by atoms with E-state index in [-0.39, 0.29) is 0 Å². The summed E-state index contributed by atoms with van der Waals surface area (Å²) in [6, 6.07) is 15.8. The normalized spacial score (nSPS) is 22.0. The molecule has 0 bridgehead atoms. The van der Waals surface area contributed by atoms with Gasteiger partial charge in [0.2, 0.25) is 0 Å². The molecule has 3 amide bonds. The van der Waals surface area contributed by atoms with Crippen LogP contribution >= 0.6 is 11.6 Å². The van der Waals surface area contributed by atoms with Gasteiger partial charge in [-0.05, 0) is 92.3 Å². The molecule has 7 heteroatoms. The highest BCUT2D eigenvalue weighted by Gasteiger charge is 2.55. The zero-order valence-electron chi connectivity index (χ0n) is 21.2. The quantitative estimate of drug-likeness (QED) is 0.446. The van der Waals surface area contributed by atoms with Crippen LogP contribution in [0.25, 0.3) is 5.57 Å². The highest BCUT2D eigenvalue weighted by molar-refractivity contribution is 6.30. The Morgan fingerprint density at radius 2 is 1.78 bits per heavy atom. The Kier molecular flexibility index (Phi) is 6.95. The molecule has 0 N–H and O–H groups in total. The fourth-order valence-electron chi connectivity index (χ4n) is 5.45. The predicted octanol–water partition coefficient (Wildman–Crippen LogP) is 6.13. The van der Waals surface area contributed by atoms with Crippen molar-refractivity contribution in [2.75, 3.05) is 13.1 Å². The first-order chi connectivity index (χ1) is 17.8. The molecule has 0 saturated carbocycles. The summed E-state index contributed by atoms with van der Waals surface area (Å²) in [4.78, 5) is 46.4. The number of halogens is 1. The van der Waals surface area contributed by atoms with Crippen molar-refractivity contribution in [3.63, 3.8) is 0 Å². The topological polar surface area (TPSA) is 66.9 Å². The Labute approximate surface area is 222 Å². The van der Waals surface area contributed by atoms with Gasteiger partial charge in [0.25, 0.3) is 11.8 Å². The molecule has 2 aromatic carbocycles. The highest BCUT2D eigenvalue weighted by atomic mass is 35.5. The third-order valence-electron chi connectivity index (χ3n) is 7.95. The van der Waals surface area contributed by atoms with Crippen LogP contribution in [0.1, 0.15) is 49.3 Å². The second-order valence-electron chi connectivity index (χ2n) is 10.4. The lowest BCUT2D eigenvalue weighted by Crippen LogP contribution is -2.44. The number of likely N-dealkylation sites (tertiary alicyclic amines) is 1.